The Morgan fingerprint density at radius 1 is 1.21 bits per heavy atom. The maximum absolute atomic E-state index is 12.0. The molecule has 0 amide bonds. The number of benzene rings is 1. The Hall–Kier alpha value is -1.59. The van der Waals surface area contributed by atoms with Gasteiger partial charge in [-0.15, -0.1) is 11.3 Å². The summed E-state index contributed by atoms with van der Waals surface area (Å²) in [5, 5.41) is 3.41. The molecule has 0 unspecified atom stereocenters. The van der Waals surface area contributed by atoms with Crippen molar-refractivity contribution in [2.24, 2.45) is 0 Å². The molecular weight excluding hydrogens is 346 g/mol. The number of carbonyl (C=O) groups excluding carboxylic acids is 1. The molecule has 1 fully saturated rings. The van der Waals surface area contributed by atoms with E-state index in [1.54, 1.807) is 12.1 Å². The number of esters is 1. The van der Waals surface area contributed by atoms with E-state index in [4.69, 9.17) is 21.1 Å². The van der Waals surface area contributed by atoms with Crippen molar-refractivity contribution in [2.75, 3.05) is 0 Å². The molecule has 0 aliphatic heterocycles. The molecular formula is C18H20ClNO3S. The van der Waals surface area contributed by atoms with Gasteiger partial charge in [0.1, 0.15) is 23.5 Å². The molecule has 1 aliphatic carbocycles. The number of nitrogens with zero attached hydrogens (tertiary/aromatic N) is 1. The van der Waals surface area contributed by atoms with E-state index in [1.165, 1.54) is 17.8 Å². The summed E-state index contributed by atoms with van der Waals surface area (Å²) in [6.07, 6.45) is 5.86. The van der Waals surface area contributed by atoms with Crippen molar-refractivity contribution in [1.29, 1.82) is 0 Å². The van der Waals surface area contributed by atoms with Gasteiger partial charge in [-0.1, -0.05) is 18.0 Å². The molecule has 0 atom stereocenters. The summed E-state index contributed by atoms with van der Waals surface area (Å²) in [5.74, 6) is 0.560. The molecule has 1 saturated carbocycles. The van der Waals surface area contributed by atoms with E-state index in [0.29, 0.717) is 11.6 Å². The van der Waals surface area contributed by atoms with Crippen LogP contribution >= 0.6 is 22.9 Å². The lowest BCUT2D eigenvalue weighted by atomic mass is 9.98. The lowest BCUT2D eigenvalue weighted by molar-refractivity contribution is -0.149. The summed E-state index contributed by atoms with van der Waals surface area (Å²) >= 11 is 7.33. The Morgan fingerprint density at radius 2 is 1.96 bits per heavy atom. The summed E-state index contributed by atoms with van der Waals surface area (Å²) in [7, 11) is 0. The van der Waals surface area contributed by atoms with E-state index >= 15 is 0 Å². The molecule has 1 aliphatic rings. The van der Waals surface area contributed by atoms with Gasteiger partial charge in [0.2, 0.25) is 0 Å². The van der Waals surface area contributed by atoms with Crippen molar-refractivity contribution in [3.63, 3.8) is 0 Å². The van der Waals surface area contributed by atoms with Gasteiger partial charge < -0.3 is 9.47 Å². The molecule has 2 aromatic rings. The van der Waals surface area contributed by atoms with Crippen LogP contribution in [0.25, 0.3) is 0 Å². The number of ether oxygens (including phenoxy) is 2. The molecule has 1 aromatic heterocycles. The van der Waals surface area contributed by atoms with E-state index in [0.717, 1.165) is 42.1 Å². The van der Waals surface area contributed by atoms with E-state index in [-0.39, 0.29) is 18.5 Å². The summed E-state index contributed by atoms with van der Waals surface area (Å²) < 4.78 is 11.2. The Bertz CT molecular complexity index is 665. The maximum Gasteiger partial charge on any atom is 0.312 e. The third-order valence-electron chi connectivity index (χ3n) is 3.95. The van der Waals surface area contributed by atoms with Gasteiger partial charge >= 0.3 is 5.97 Å². The zero-order valence-corrected chi connectivity index (χ0v) is 14.9. The van der Waals surface area contributed by atoms with Crippen molar-refractivity contribution in [2.45, 2.75) is 51.2 Å². The van der Waals surface area contributed by atoms with Crippen LogP contribution in [0.15, 0.2) is 29.6 Å². The van der Waals surface area contributed by atoms with Crippen molar-refractivity contribution >= 4 is 28.9 Å². The predicted octanol–water partition coefficient (Wildman–Crippen LogP) is 4.79. The van der Waals surface area contributed by atoms with E-state index in [1.807, 2.05) is 17.5 Å². The van der Waals surface area contributed by atoms with Crippen molar-refractivity contribution in [3.8, 4) is 5.75 Å². The summed E-state index contributed by atoms with van der Waals surface area (Å²) in [6.45, 7) is 0.379. The number of carbonyl (C=O) groups is 1. The molecule has 0 spiro atoms. The van der Waals surface area contributed by atoms with Crippen LogP contribution < -0.4 is 4.74 Å². The second kappa shape index (κ2) is 8.49. The minimum atomic E-state index is -0.183. The SMILES string of the molecule is O=C(Cc1csc(COc2ccc(Cl)cc2)n1)OC1CCCCC1. The van der Waals surface area contributed by atoms with Gasteiger partial charge in [0, 0.05) is 10.4 Å². The average molecular weight is 366 g/mol. The van der Waals surface area contributed by atoms with Gasteiger partial charge in [-0.2, -0.15) is 0 Å². The van der Waals surface area contributed by atoms with E-state index < -0.39 is 0 Å². The van der Waals surface area contributed by atoms with Crippen LogP contribution in [0, 0.1) is 0 Å². The van der Waals surface area contributed by atoms with Crippen molar-refractivity contribution in [3.05, 3.63) is 45.4 Å². The molecule has 3 rings (SSSR count). The number of hydrogen-bond donors (Lipinski definition) is 0. The second-order valence-electron chi connectivity index (χ2n) is 5.90. The lowest BCUT2D eigenvalue weighted by Crippen LogP contribution is -2.22. The first kappa shape index (κ1) is 17.2. The fourth-order valence-electron chi connectivity index (χ4n) is 2.73. The van der Waals surface area contributed by atoms with Crippen LogP contribution in [0.1, 0.15) is 42.8 Å². The van der Waals surface area contributed by atoms with Gasteiger partial charge in [-0.05, 0) is 49.9 Å². The van der Waals surface area contributed by atoms with Gasteiger partial charge in [0.15, 0.2) is 0 Å². The zero-order valence-electron chi connectivity index (χ0n) is 13.4. The molecule has 0 radical (unpaired) electrons. The number of halogens is 1. The fourth-order valence-corrected chi connectivity index (χ4v) is 3.56. The number of thiazole rings is 1. The zero-order chi connectivity index (χ0) is 16.8. The van der Waals surface area contributed by atoms with Crippen LogP contribution in [0.3, 0.4) is 0 Å². The van der Waals surface area contributed by atoms with Crippen molar-refractivity contribution < 1.29 is 14.3 Å². The highest BCUT2D eigenvalue weighted by Crippen LogP contribution is 2.21. The largest absolute Gasteiger partial charge is 0.486 e. The van der Waals surface area contributed by atoms with Crippen molar-refractivity contribution in [1.82, 2.24) is 4.98 Å². The smallest absolute Gasteiger partial charge is 0.312 e. The van der Waals surface area contributed by atoms with Crippen LogP contribution in [-0.4, -0.2) is 17.1 Å². The molecule has 0 bridgehead atoms. The molecule has 0 N–H and O–H groups in total. The summed E-state index contributed by atoms with van der Waals surface area (Å²) in [5.41, 5.74) is 0.746. The van der Waals surface area contributed by atoms with Crippen LogP contribution in [0.4, 0.5) is 0 Å². The molecule has 24 heavy (non-hydrogen) atoms. The first-order chi connectivity index (χ1) is 11.7. The van der Waals surface area contributed by atoms with Crippen LogP contribution in [0.5, 0.6) is 5.75 Å². The number of aromatic nitrogens is 1. The van der Waals surface area contributed by atoms with Gasteiger partial charge in [0.25, 0.3) is 0 Å². The lowest BCUT2D eigenvalue weighted by Gasteiger charge is -2.21. The monoisotopic (exact) mass is 365 g/mol. The molecule has 128 valence electrons. The molecule has 6 heteroatoms. The highest BCUT2D eigenvalue weighted by Gasteiger charge is 2.18. The highest BCUT2D eigenvalue weighted by atomic mass is 35.5. The topological polar surface area (TPSA) is 48.4 Å². The quantitative estimate of drug-likeness (QED) is 0.690. The maximum atomic E-state index is 12.0. The minimum absolute atomic E-state index is 0.0950. The molecule has 4 nitrogen and oxygen atoms in total. The first-order valence-electron chi connectivity index (χ1n) is 8.20. The molecule has 0 saturated heterocycles. The Morgan fingerprint density at radius 3 is 2.71 bits per heavy atom. The Kier molecular flexibility index (Phi) is 6.10. The molecule has 1 heterocycles. The molecule has 1 aromatic carbocycles. The Balaban J connectivity index is 1.46. The average Bonchev–Trinajstić information content (AvgIpc) is 3.02. The Labute approximate surface area is 150 Å². The normalized spacial score (nSPS) is 15.2. The highest BCUT2D eigenvalue weighted by molar-refractivity contribution is 7.09. The van der Waals surface area contributed by atoms with Gasteiger partial charge in [0.05, 0.1) is 12.1 Å². The van der Waals surface area contributed by atoms with Gasteiger partial charge in [-0.3, -0.25) is 4.79 Å². The fraction of sp³-hybridized carbons (Fsp3) is 0.444. The van der Waals surface area contributed by atoms with Crippen LogP contribution in [-0.2, 0) is 22.6 Å². The minimum Gasteiger partial charge on any atom is -0.486 e. The van der Waals surface area contributed by atoms with E-state index in [2.05, 4.69) is 4.98 Å². The third kappa shape index (κ3) is 5.21. The number of hydrogen-bond acceptors (Lipinski definition) is 5. The summed E-state index contributed by atoms with van der Waals surface area (Å²) in [6, 6.07) is 7.20. The number of rotatable bonds is 6. The standard InChI is InChI=1S/C18H20ClNO3S/c19-13-6-8-15(9-7-13)22-11-17-20-14(12-24-17)10-18(21)23-16-4-2-1-3-5-16/h6-9,12,16H,1-5,10-11H2. The summed E-state index contributed by atoms with van der Waals surface area (Å²) in [4.78, 5) is 16.4. The predicted molar refractivity (Wildman–Crippen MR) is 94.6 cm³/mol. The van der Waals surface area contributed by atoms with Crippen LogP contribution in [0.2, 0.25) is 5.02 Å². The van der Waals surface area contributed by atoms with Gasteiger partial charge in [-0.25, -0.2) is 4.98 Å². The second-order valence-corrected chi connectivity index (χ2v) is 7.28. The first-order valence-corrected chi connectivity index (χ1v) is 9.46. The third-order valence-corrected chi connectivity index (χ3v) is 5.07. The van der Waals surface area contributed by atoms with E-state index in [9.17, 15) is 4.79 Å².